The molecule has 3 amide bonds. The van der Waals surface area contributed by atoms with Crippen molar-refractivity contribution in [1.29, 1.82) is 0 Å². The number of carbonyl (C=O) groups is 2. The summed E-state index contributed by atoms with van der Waals surface area (Å²) in [5, 5.41) is 8.13. The van der Waals surface area contributed by atoms with E-state index < -0.39 is 12.1 Å². The molecule has 24 heavy (non-hydrogen) atoms. The maximum Gasteiger partial charge on any atom is 0.319 e. The zero-order valence-electron chi connectivity index (χ0n) is 14.2. The monoisotopic (exact) mass is 325 g/mol. The van der Waals surface area contributed by atoms with E-state index in [2.05, 4.69) is 29.8 Å². The predicted octanol–water partition coefficient (Wildman–Crippen LogP) is 3.96. The number of urea groups is 1. The highest BCUT2D eigenvalue weighted by atomic mass is 16.2. The topological polar surface area (TPSA) is 70.2 Å². The number of nitrogens with one attached hydrogen (secondary N) is 3. The Hall–Kier alpha value is -2.82. The molecular formula is C19H23N3O2. The predicted molar refractivity (Wildman–Crippen MR) is 97.2 cm³/mol. The van der Waals surface area contributed by atoms with Crippen molar-refractivity contribution in [2.24, 2.45) is 0 Å². The molecule has 0 aromatic heterocycles. The third-order valence-electron chi connectivity index (χ3n) is 3.59. The summed E-state index contributed by atoms with van der Waals surface area (Å²) < 4.78 is 0. The van der Waals surface area contributed by atoms with E-state index >= 15 is 0 Å². The van der Waals surface area contributed by atoms with E-state index in [9.17, 15) is 9.59 Å². The minimum atomic E-state index is -0.656. The van der Waals surface area contributed by atoms with Gasteiger partial charge in [0.25, 0.3) is 0 Å². The average molecular weight is 325 g/mol. The van der Waals surface area contributed by atoms with Gasteiger partial charge in [0.15, 0.2) is 0 Å². The third kappa shape index (κ3) is 5.12. The van der Waals surface area contributed by atoms with Crippen molar-refractivity contribution < 1.29 is 9.59 Å². The van der Waals surface area contributed by atoms with Crippen LogP contribution in [0.15, 0.2) is 54.6 Å². The minimum Gasteiger partial charge on any atom is -0.326 e. The molecule has 5 nitrogen and oxygen atoms in total. The van der Waals surface area contributed by atoms with Crippen LogP contribution in [-0.2, 0) is 4.79 Å². The van der Waals surface area contributed by atoms with Gasteiger partial charge in [-0.25, -0.2) is 4.79 Å². The van der Waals surface area contributed by atoms with E-state index in [1.807, 2.05) is 42.5 Å². The first-order chi connectivity index (χ1) is 11.5. The maximum atomic E-state index is 12.2. The molecular weight excluding hydrogens is 302 g/mol. The first kappa shape index (κ1) is 17.5. The molecule has 0 heterocycles. The molecule has 0 fully saturated rings. The number of carbonyl (C=O) groups excluding carboxylic acids is 2. The Morgan fingerprint density at radius 3 is 2.17 bits per heavy atom. The Labute approximate surface area is 142 Å². The van der Waals surface area contributed by atoms with Gasteiger partial charge in [0.1, 0.15) is 6.04 Å². The molecule has 0 spiro atoms. The molecule has 5 heteroatoms. The third-order valence-corrected chi connectivity index (χ3v) is 3.59. The van der Waals surface area contributed by atoms with Gasteiger partial charge >= 0.3 is 6.03 Å². The van der Waals surface area contributed by atoms with Gasteiger partial charge in [-0.05, 0) is 42.7 Å². The first-order valence-corrected chi connectivity index (χ1v) is 7.99. The summed E-state index contributed by atoms with van der Waals surface area (Å²) in [5.41, 5.74) is 2.55. The van der Waals surface area contributed by atoms with E-state index in [1.54, 1.807) is 19.1 Å². The Morgan fingerprint density at radius 2 is 1.50 bits per heavy atom. The smallest absolute Gasteiger partial charge is 0.319 e. The molecule has 0 saturated heterocycles. The van der Waals surface area contributed by atoms with Gasteiger partial charge in [0, 0.05) is 11.4 Å². The molecule has 0 aliphatic carbocycles. The number of rotatable bonds is 5. The second-order valence-electron chi connectivity index (χ2n) is 5.96. The Morgan fingerprint density at radius 1 is 0.833 bits per heavy atom. The van der Waals surface area contributed by atoms with E-state index in [4.69, 9.17) is 0 Å². The van der Waals surface area contributed by atoms with Crippen LogP contribution in [0.1, 0.15) is 32.3 Å². The molecule has 1 unspecified atom stereocenters. The second kappa shape index (κ2) is 8.15. The molecule has 126 valence electrons. The van der Waals surface area contributed by atoms with Crippen molar-refractivity contribution in [3.63, 3.8) is 0 Å². The SMILES string of the molecule is CC(NC(=O)Nc1ccccc1)C(=O)Nc1cccc(C(C)C)c1. The molecule has 2 aromatic rings. The van der Waals surface area contributed by atoms with Crippen LogP contribution in [0.5, 0.6) is 0 Å². The molecule has 0 bridgehead atoms. The Balaban J connectivity index is 1.90. The van der Waals surface area contributed by atoms with Crippen molar-refractivity contribution in [3.05, 3.63) is 60.2 Å². The summed E-state index contributed by atoms with van der Waals surface area (Å²) in [6, 6.07) is 15.7. The summed E-state index contributed by atoms with van der Waals surface area (Å²) in [5.74, 6) is 0.119. The van der Waals surface area contributed by atoms with E-state index in [1.165, 1.54) is 0 Å². The number of anilines is 2. The fourth-order valence-corrected chi connectivity index (χ4v) is 2.18. The molecule has 0 aliphatic heterocycles. The van der Waals surface area contributed by atoms with Gasteiger partial charge in [-0.2, -0.15) is 0 Å². The summed E-state index contributed by atoms with van der Waals surface area (Å²) in [4.78, 5) is 24.1. The quantitative estimate of drug-likeness (QED) is 0.779. The highest BCUT2D eigenvalue weighted by Gasteiger charge is 2.16. The number of para-hydroxylation sites is 1. The molecule has 1 atom stereocenters. The van der Waals surface area contributed by atoms with Crippen molar-refractivity contribution in [2.45, 2.75) is 32.7 Å². The lowest BCUT2D eigenvalue weighted by Gasteiger charge is -2.15. The van der Waals surface area contributed by atoms with Crippen molar-refractivity contribution in [1.82, 2.24) is 5.32 Å². The highest BCUT2D eigenvalue weighted by Crippen LogP contribution is 2.18. The van der Waals surface area contributed by atoms with Crippen LogP contribution in [0.2, 0.25) is 0 Å². The number of hydrogen-bond acceptors (Lipinski definition) is 2. The van der Waals surface area contributed by atoms with Crippen LogP contribution >= 0.6 is 0 Å². The lowest BCUT2D eigenvalue weighted by Crippen LogP contribution is -2.43. The fraction of sp³-hybridized carbons (Fsp3) is 0.263. The normalized spacial score (nSPS) is 11.7. The molecule has 3 N–H and O–H groups in total. The largest absolute Gasteiger partial charge is 0.326 e. The van der Waals surface area contributed by atoms with Gasteiger partial charge in [0.2, 0.25) is 5.91 Å². The lowest BCUT2D eigenvalue weighted by atomic mass is 10.0. The van der Waals surface area contributed by atoms with Crippen molar-refractivity contribution in [3.8, 4) is 0 Å². The summed E-state index contributed by atoms with van der Waals surface area (Å²) in [7, 11) is 0. The second-order valence-corrected chi connectivity index (χ2v) is 5.96. The van der Waals surface area contributed by atoms with Gasteiger partial charge in [-0.1, -0.05) is 44.2 Å². The molecule has 0 saturated carbocycles. The molecule has 0 aliphatic rings. The summed E-state index contributed by atoms with van der Waals surface area (Å²) in [6.07, 6.45) is 0. The Bertz CT molecular complexity index is 699. The zero-order chi connectivity index (χ0) is 17.5. The van der Waals surface area contributed by atoms with Crippen molar-refractivity contribution >= 4 is 23.3 Å². The van der Waals surface area contributed by atoms with Gasteiger partial charge in [-0.15, -0.1) is 0 Å². The molecule has 2 rings (SSSR count). The van der Waals surface area contributed by atoms with Crippen molar-refractivity contribution in [2.75, 3.05) is 10.6 Å². The molecule has 0 radical (unpaired) electrons. The fourth-order valence-electron chi connectivity index (χ4n) is 2.18. The lowest BCUT2D eigenvalue weighted by molar-refractivity contribution is -0.117. The van der Waals surface area contributed by atoms with Gasteiger partial charge in [-0.3, -0.25) is 4.79 Å². The standard InChI is InChI=1S/C19H23N3O2/c1-13(2)15-8-7-11-17(12-15)21-18(23)14(3)20-19(24)22-16-9-5-4-6-10-16/h4-14H,1-3H3,(H,21,23)(H2,20,22,24). The van der Waals surface area contributed by atoms with Crippen LogP contribution in [0.4, 0.5) is 16.2 Å². The number of benzene rings is 2. The van der Waals surface area contributed by atoms with Crippen LogP contribution in [-0.4, -0.2) is 18.0 Å². The van der Waals surface area contributed by atoms with Crippen LogP contribution < -0.4 is 16.0 Å². The number of amides is 3. The van der Waals surface area contributed by atoms with E-state index in [-0.39, 0.29) is 5.91 Å². The Kier molecular flexibility index (Phi) is 5.95. The minimum absolute atomic E-state index is 0.265. The van der Waals surface area contributed by atoms with E-state index in [0.717, 1.165) is 11.3 Å². The van der Waals surface area contributed by atoms with Crippen LogP contribution in [0, 0.1) is 0 Å². The highest BCUT2D eigenvalue weighted by molar-refractivity contribution is 5.98. The maximum absolute atomic E-state index is 12.2. The average Bonchev–Trinajstić information content (AvgIpc) is 2.55. The van der Waals surface area contributed by atoms with Crippen LogP contribution in [0.3, 0.4) is 0 Å². The van der Waals surface area contributed by atoms with Gasteiger partial charge in [0.05, 0.1) is 0 Å². The number of hydrogen-bond donors (Lipinski definition) is 3. The van der Waals surface area contributed by atoms with Crippen LogP contribution in [0.25, 0.3) is 0 Å². The summed E-state index contributed by atoms with van der Waals surface area (Å²) in [6.45, 7) is 5.84. The zero-order valence-corrected chi connectivity index (χ0v) is 14.2. The molecule has 2 aromatic carbocycles. The first-order valence-electron chi connectivity index (χ1n) is 7.99. The van der Waals surface area contributed by atoms with Gasteiger partial charge < -0.3 is 16.0 Å². The summed E-state index contributed by atoms with van der Waals surface area (Å²) >= 11 is 0. The van der Waals surface area contributed by atoms with E-state index in [0.29, 0.717) is 11.6 Å².